The van der Waals surface area contributed by atoms with Gasteiger partial charge in [0, 0.05) is 11.7 Å². The fourth-order valence-corrected chi connectivity index (χ4v) is 2.78. The van der Waals surface area contributed by atoms with Crippen molar-refractivity contribution in [2.75, 3.05) is 5.32 Å². The van der Waals surface area contributed by atoms with Gasteiger partial charge >= 0.3 is 5.97 Å². The highest BCUT2D eigenvalue weighted by atomic mass is 35.5. The van der Waals surface area contributed by atoms with Crippen LogP contribution in [0, 0.1) is 5.92 Å². The van der Waals surface area contributed by atoms with Gasteiger partial charge in [-0.3, -0.25) is 0 Å². The summed E-state index contributed by atoms with van der Waals surface area (Å²) in [7, 11) is 0. The van der Waals surface area contributed by atoms with Crippen molar-refractivity contribution in [3.05, 3.63) is 28.8 Å². The summed E-state index contributed by atoms with van der Waals surface area (Å²) in [5, 5.41) is 12.7. The van der Waals surface area contributed by atoms with Crippen LogP contribution in [0.15, 0.2) is 18.2 Å². The Balaban J connectivity index is 2.09. The van der Waals surface area contributed by atoms with Gasteiger partial charge in [-0.05, 0) is 37.0 Å². The molecule has 1 aromatic rings. The molecule has 0 heterocycles. The fourth-order valence-electron chi connectivity index (χ4n) is 2.58. The first kappa shape index (κ1) is 13.2. The SMILES string of the molecule is CC1CCCC(Nc2ccc(Cl)c(C(=O)O)c2)C1. The van der Waals surface area contributed by atoms with Gasteiger partial charge in [-0.15, -0.1) is 0 Å². The van der Waals surface area contributed by atoms with Crippen molar-refractivity contribution in [2.24, 2.45) is 5.92 Å². The van der Waals surface area contributed by atoms with Crippen molar-refractivity contribution >= 4 is 23.3 Å². The highest BCUT2D eigenvalue weighted by molar-refractivity contribution is 6.33. The van der Waals surface area contributed by atoms with Gasteiger partial charge in [0.25, 0.3) is 0 Å². The van der Waals surface area contributed by atoms with Crippen molar-refractivity contribution in [1.29, 1.82) is 0 Å². The normalized spacial score (nSPS) is 23.7. The van der Waals surface area contributed by atoms with Gasteiger partial charge in [-0.1, -0.05) is 31.4 Å². The monoisotopic (exact) mass is 267 g/mol. The Morgan fingerprint density at radius 3 is 2.89 bits per heavy atom. The lowest BCUT2D eigenvalue weighted by Crippen LogP contribution is -2.26. The summed E-state index contributed by atoms with van der Waals surface area (Å²) >= 11 is 5.85. The lowest BCUT2D eigenvalue weighted by molar-refractivity contribution is 0.0697. The van der Waals surface area contributed by atoms with Crippen LogP contribution in [0.2, 0.25) is 5.02 Å². The molecule has 2 rings (SSSR count). The summed E-state index contributed by atoms with van der Waals surface area (Å²) in [6, 6.07) is 5.54. The number of carboxylic acids is 1. The van der Waals surface area contributed by atoms with Crippen LogP contribution < -0.4 is 5.32 Å². The predicted octanol–water partition coefficient (Wildman–Crippen LogP) is 4.03. The fraction of sp³-hybridized carbons (Fsp3) is 0.500. The van der Waals surface area contributed by atoms with E-state index < -0.39 is 5.97 Å². The highest BCUT2D eigenvalue weighted by Gasteiger charge is 2.19. The first-order valence-electron chi connectivity index (χ1n) is 6.35. The van der Waals surface area contributed by atoms with Crippen LogP contribution in [0.3, 0.4) is 0 Å². The molecule has 0 amide bonds. The summed E-state index contributed by atoms with van der Waals surface area (Å²) < 4.78 is 0. The Morgan fingerprint density at radius 1 is 1.44 bits per heavy atom. The Hall–Kier alpha value is -1.22. The first-order valence-corrected chi connectivity index (χ1v) is 6.73. The lowest BCUT2D eigenvalue weighted by Gasteiger charge is -2.28. The number of halogens is 1. The number of aromatic carboxylic acids is 1. The molecule has 2 unspecified atom stereocenters. The molecule has 0 radical (unpaired) electrons. The van der Waals surface area contributed by atoms with E-state index in [0.717, 1.165) is 24.4 Å². The molecule has 0 spiro atoms. The topological polar surface area (TPSA) is 49.3 Å². The van der Waals surface area contributed by atoms with E-state index in [4.69, 9.17) is 16.7 Å². The van der Waals surface area contributed by atoms with Gasteiger partial charge in [0.05, 0.1) is 10.6 Å². The number of anilines is 1. The van der Waals surface area contributed by atoms with Crippen LogP contribution in [0.4, 0.5) is 5.69 Å². The predicted molar refractivity (Wildman–Crippen MR) is 73.5 cm³/mol. The second kappa shape index (κ2) is 5.61. The van der Waals surface area contributed by atoms with Crippen molar-refractivity contribution in [3.8, 4) is 0 Å². The number of carboxylic acid groups (broad SMARTS) is 1. The van der Waals surface area contributed by atoms with Crippen LogP contribution in [0.5, 0.6) is 0 Å². The largest absolute Gasteiger partial charge is 0.478 e. The van der Waals surface area contributed by atoms with Crippen LogP contribution in [-0.4, -0.2) is 17.1 Å². The summed E-state index contributed by atoms with van der Waals surface area (Å²) in [4.78, 5) is 11.0. The van der Waals surface area contributed by atoms with Gasteiger partial charge < -0.3 is 10.4 Å². The Morgan fingerprint density at radius 2 is 2.22 bits per heavy atom. The molecule has 0 aliphatic heterocycles. The smallest absolute Gasteiger partial charge is 0.337 e. The van der Waals surface area contributed by atoms with Crippen LogP contribution >= 0.6 is 11.6 Å². The number of benzene rings is 1. The minimum Gasteiger partial charge on any atom is -0.478 e. The maximum atomic E-state index is 11.0. The molecule has 2 N–H and O–H groups in total. The molecule has 2 atom stereocenters. The molecular formula is C14H18ClNO2. The molecule has 18 heavy (non-hydrogen) atoms. The molecule has 0 bridgehead atoms. The molecular weight excluding hydrogens is 250 g/mol. The van der Waals surface area contributed by atoms with E-state index in [9.17, 15) is 4.79 Å². The maximum Gasteiger partial charge on any atom is 0.337 e. The zero-order chi connectivity index (χ0) is 13.1. The molecule has 0 aromatic heterocycles. The zero-order valence-corrected chi connectivity index (χ0v) is 11.2. The van der Waals surface area contributed by atoms with Gasteiger partial charge in [-0.2, -0.15) is 0 Å². The Labute approximate surface area is 112 Å². The minimum absolute atomic E-state index is 0.158. The third-order valence-corrected chi connectivity index (χ3v) is 3.83. The van der Waals surface area contributed by atoms with Crippen LogP contribution in [-0.2, 0) is 0 Å². The van der Waals surface area contributed by atoms with E-state index in [2.05, 4.69) is 12.2 Å². The first-order chi connectivity index (χ1) is 8.56. The number of hydrogen-bond acceptors (Lipinski definition) is 2. The number of rotatable bonds is 3. The summed E-state index contributed by atoms with van der Waals surface area (Å²) in [6.45, 7) is 2.26. The molecule has 98 valence electrons. The van der Waals surface area contributed by atoms with E-state index in [1.807, 2.05) is 6.07 Å². The van der Waals surface area contributed by atoms with E-state index in [1.165, 1.54) is 12.8 Å². The minimum atomic E-state index is -0.985. The van der Waals surface area contributed by atoms with Gasteiger partial charge in [-0.25, -0.2) is 4.79 Å². The third kappa shape index (κ3) is 3.16. The molecule has 1 saturated carbocycles. The highest BCUT2D eigenvalue weighted by Crippen LogP contribution is 2.27. The Bertz CT molecular complexity index is 447. The second-order valence-corrected chi connectivity index (χ2v) is 5.52. The summed E-state index contributed by atoms with van der Waals surface area (Å²) in [5.74, 6) is -0.247. The van der Waals surface area contributed by atoms with Crippen molar-refractivity contribution in [1.82, 2.24) is 0 Å². The van der Waals surface area contributed by atoms with Gasteiger partial charge in [0.2, 0.25) is 0 Å². The number of hydrogen-bond donors (Lipinski definition) is 2. The molecule has 1 fully saturated rings. The van der Waals surface area contributed by atoms with Crippen LogP contribution in [0.25, 0.3) is 0 Å². The number of carbonyl (C=O) groups is 1. The van der Waals surface area contributed by atoms with Crippen LogP contribution in [0.1, 0.15) is 43.0 Å². The Kier molecular flexibility index (Phi) is 4.12. The van der Waals surface area contributed by atoms with E-state index in [-0.39, 0.29) is 10.6 Å². The van der Waals surface area contributed by atoms with E-state index in [0.29, 0.717) is 6.04 Å². The quantitative estimate of drug-likeness (QED) is 0.869. The summed E-state index contributed by atoms with van der Waals surface area (Å²) in [6.07, 6.45) is 4.82. The zero-order valence-electron chi connectivity index (χ0n) is 10.4. The van der Waals surface area contributed by atoms with Crippen molar-refractivity contribution in [2.45, 2.75) is 38.6 Å². The lowest BCUT2D eigenvalue weighted by atomic mass is 9.87. The standard InChI is InChI=1S/C14H18ClNO2/c1-9-3-2-4-10(7-9)16-11-5-6-13(15)12(8-11)14(17)18/h5-6,8-10,16H,2-4,7H2,1H3,(H,17,18). The molecule has 4 heteroatoms. The summed E-state index contributed by atoms with van der Waals surface area (Å²) in [5.41, 5.74) is 1.00. The average molecular weight is 268 g/mol. The van der Waals surface area contributed by atoms with E-state index in [1.54, 1.807) is 12.1 Å². The van der Waals surface area contributed by atoms with Gasteiger partial charge in [0.15, 0.2) is 0 Å². The number of nitrogens with one attached hydrogen (secondary N) is 1. The van der Waals surface area contributed by atoms with E-state index >= 15 is 0 Å². The molecule has 3 nitrogen and oxygen atoms in total. The maximum absolute atomic E-state index is 11.0. The molecule has 1 aromatic carbocycles. The molecule has 1 aliphatic carbocycles. The van der Waals surface area contributed by atoms with Gasteiger partial charge in [0.1, 0.15) is 0 Å². The third-order valence-electron chi connectivity index (χ3n) is 3.50. The van der Waals surface area contributed by atoms with Crippen molar-refractivity contribution < 1.29 is 9.90 Å². The average Bonchev–Trinajstić information content (AvgIpc) is 2.31. The molecule has 1 aliphatic rings. The second-order valence-electron chi connectivity index (χ2n) is 5.11. The van der Waals surface area contributed by atoms with Crippen molar-refractivity contribution in [3.63, 3.8) is 0 Å². The molecule has 0 saturated heterocycles.